The predicted molar refractivity (Wildman–Crippen MR) is 113 cm³/mol. The van der Waals surface area contributed by atoms with Crippen molar-refractivity contribution in [2.24, 2.45) is 16.8 Å². The number of rotatable bonds is 5. The Hall–Kier alpha value is -3.15. The number of nitrogens with zero attached hydrogens (tertiary/aromatic N) is 1. The van der Waals surface area contributed by atoms with Crippen molar-refractivity contribution in [2.75, 3.05) is 6.61 Å². The molecule has 0 radical (unpaired) electrons. The van der Waals surface area contributed by atoms with Gasteiger partial charge in [-0.15, -0.1) is 0 Å². The Balaban J connectivity index is 1.65. The first-order chi connectivity index (χ1) is 14.6. The van der Waals surface area contributed by atoms with E-state index >= 15 is 0 Å². The minimum atomic E-state index is -0.796. The Morgan fingerprint density at radius 2 is 1.83 bits per heavy atom. The van der Waals surface area contributed by atoms with Crippen LogP contribution in [0.15, 0.2) is 59.6 Å². The fourth-order valence-corrected chi connectivity index (χ4v) is 4.32. The number of nitrogens with one attached hydrogen (secondary N) is 1. The fraction of sp³-hybridized carbons (Fsp3) is 0.375. The van der Waals surface area contributed by atoms with Crippen molar-refractivity contribution in [3.8, 4) is 5.75 Å². The predicted octanol–water partition coefficient (Wildman–Crippen LogP) is 4.39. The van der Waals surface area contributed by atoms with Gasteiger partial charge in [-0.2, -0.15) is 4.99 Å². The van der Waals surface area contributed by atoms with E-state index in [0.29, 0.717) is 29.4 Å². The maximum absolute atomic E-state index is 13.3. The number of urea groups is 1. The molecule has 1 aliphatic carbocycles. The number of aromatic hydroxyl groups is 1. The Labute approximate surface area is 176 Å². The van der Waals surface area contributed by atoms with Gasteiger partial charge in [0.2, 0.25) is 0 Å². The first-order valence-corrected chi connectivity index (χ1v) is 10.5. The molecule has 1 saturated carbocycles. The van der Waals surface area contributed by atoms with Crippen LogP contribution in [0, 0.1) is 11.8 Å². The highest BCUT2D eigenvalue weighted by Crippen LogP contribution is 2.32. The molecule has 1 aliphatic heterocycles. The van der Waals surface area contributed by atoms with Gasteiger partial charge in [-0.3, -0.25) is 4.79 Å². The van der Waals surface area contributed by atoms with E-state index in [1.807, 2.05) is 30.3 Å². The smallest absolute Gasteiger partial charge is 0.341 e. The molecule has 2 amide bonds. The van der Waals surface area contributed by atoms with Crippen LogP contribution in [0.2, 0.25) is 0 Å². The molecule has 0 aromatic heterocycles. The lowest BCUT2D eigenvalue weighted by Crippen LogP contribution is -2.45. The van der Waals surface area contributed by atoms with Crippen LogP contribution in [-0.4, -0.2) is 29.4 Å². The molecule has 2 atom stereocenters. The minimum Gasteiger partial charge on any atom is -0.508 e. The molecule has 0 spiro atoms. The van der Waals surface area contributed by atoms with Gasteiger partial charge in [0.25, 0.3) is 0 Å². The fourth-order valence-electron chi connectivity index (χ4n) is 4.32. The number of esters is 1. The number of carbonyl (C=O) groups is 2. The molecule has 0 bridgehead atoms. The molecule has 1 fully saturated rings. The quantitative estimate of drug-likeness (QED) is 0.721. The summed E-state index contributed by atoms with van der Waals surface area (Å²) >= 11 is 0. The molecule has 2 unspecified atom stereocenters. The van der Waals surface area contributed by atoms with Crippen molar-refractivity contribution in [1.82, 2.24) is 5.32 Å². The van der Waals surface area contributed by atoms with Crippen molar-refractivity contribution >= 4 is 17.7 Å². The summed E-state index contributed by atoms with van der Waals surface area (Å²) in [6, 6.07) is 14.6. The van der Waals surface area contributed by atoms with Crippen LogP contribution in [-0.2, 0) is 9.53 Å². The van der Waals surface area contributed by atoms with Crippen LogP contribution in [0.3, 0.4) is 0 Å². The number of aliphatic imine (C=N–C) groups is 1. The molecule has 2 N–H and O–H groups in total. The molecular weight excluding hydrogens is 380 g/mol. The summed E-state index contributed by atoms with van der Waals surface area (Å²) in [5.41, 5.74) is 1.73. The van der Waals surface area contributed by atoms with Gasteiger partial charge in [0.1, 0.15) is 11.7 Å². The number of hydrogen-bond acceptors (Lipinski definition) is 4. The number of amides is 2. The van der Waals surface area contributed by atoms with E-state index in [9.17, 15) is 14.7 Å². The molecule has 30 heavy (non-hydrogen) atoms. The maximum atomic E-state index is 13.3. The van der Waals surface area contributed by atoms with Crippen molar-refractivity contribution in [2.45, 2.75) is 38.1 Å². The minimum absolute atomic E-state index is 0.0693. The highest BCUT2D eigenvalue weighted by molar-refractivity contribution is 6.17. The Morgan fingerprint density at radius 3 is 2.57 bits per heavy atom. The topological polar surface area (TPSA) is 88.0 Å². The Bertz CT molecular complexity index is 935. The number of carbonyl (C=O) groups excluding carboxylic acids is 2. The van der Waals surface area contributed by atoms with E-state index in [1.165, 1.54) is 19.3 Å². The first-order valence-electron chi connectivity index (χ1n) is 10.5. The Morgan fingerprint density at radius 1 is 1.07 bits per heavy atom. The third-order valence-electron chi connectivity index (χ3n) is 5.87. The summed E-state index contributed by atoms with van der Waals surface area (Å²) in [6.45, 7) is 0.387. The van der Waals surface area contributed by atoms with Crippen LogP contribution in [0.4, 0.5) is 4.79 Å². The summed E-state index contributed by atoms with van der Waals surface area (Å²) in [5.74, 6) is -0.746. The van der Waals surface area contributed by atoms with E-state index in [-0.39, 0.29) is 5.75 Å². The number of benzene rings is 2. The van der Waals surface area contributed by atoms with E-state index in [2.05, 4.69) is 10.3 Å². The molecule has 6 nitrogen and oxygen atoms in total. The van der Waals surface area contributed by atoms with Gasteiger partial charge < -0.3 is 15.2 Å². The van der Waals surface area contributed by atoms with Crippen molar-refractivity contribution < 1.29 is 19.4 Å². The molecule has 1 heterocycles. The lowest BCUT2D eigenvalue weighted by atomic mass is 9.84. The maximum Gasteiger partial charge on any atom is 0.341 e. The molecule has 2 aromatic rings. The number of ether oxygens (including phenoxy) is 1. The zero-order valence-electron chi connectivity index (χ0n) is 16.8. The zero-order valence-corrected chi connectivity index (χ0v) is 16.8. The zero-order chi connectivity index (χ0) is 20.9. The van der Waals surface area contributed by atoms with Crippen molar-refractivity contribution in [3.05, 3.63) is 65.7 Å². The average molecular weight is 406 g/mol. The molecule has 6 heteroatoms. The second kappa shape index (κ2) is 9.11. The normalized spacial score (nSPS) is 22.1. The van der Waals surface area contributed by atoms with Crippen LogP contribution in [0.25, 0.3) is 0 Å². The van der Waals surface area contributed by atoms with Gasteiger partial charge in [0, 0.05) is 0 Å². The molecular formula is C24H26N2O4. The van der Waals surface area contributed by atoms with Crippen molar-refractivity contribution in [1.29, 1.82) is 0 Å². The standard InChI is InChI=1S/C24H26N2O4/c27-19-13-7-12-18(14-19)22-20(23(28)30-15-16-8-3-1-4-9-16)21(25-24(29)26-22)17-10-5-2-6-11-17/h2,5-7,10-14,16,20,22,27H,1,3-4,8-9,15H2,(H,26,29). The third kappa shape index (κ3) is 4.53. The lowest BCUT2D eigenvalue weighted by Gasteiger charge is -2.32. The second-order valence-electron chi connectivity index (χ2n) is 8.00. The van der Waals surface area contributed by atoms with Gasteiger partial charge in [-0.25, -0.2) is 4.79 Å². The van der Waals surface area contributed by atoms with Crippen molar-refractivity contribution in [3.63, 3.8) is 0 Å². The molecule has 0 saturated heterocycles. The van der Waals surface area contributed by atoms with Crippen LogP contribution >= 0.6 is 0 Å². The van der Waals surface area contributed by atoms with E-state index in [4.69, 9.17) is 4.74 Å². The van der Waals surface area contributed by atoms with E-state index in [0.717, 1.165) is 12.8 Å². The number of phenolic OH excluding ortho intramolecular Hbond substituents is 1. The summed E-state index contributed by atoms with van der Waals surface area (Å²) in [4.78, 5) is 29.8. The summed E-state index contributed by atoms with van der Waals surface area (Å²) in [6.07, 6.45) is 5.73. The Kier molecular flexibility index (Phi) is 6.12. The van der Waals surface area contributed by atoms with Gasteiger partial charge in [-0.05, 0) is 42.0 Å². The van der Waals surface area contributed by atoms with Crippen LogP contribution < -0.4 is 5.32 Å². The number of phenols is 1. The molecule has 2 aliphatic rings. The first kappa shape index (κ1) is 20.1. The summed E-state index contributed by atoms with van der Waals surface area (Å²) in [5, 5.41) is 12.7. The van der Waals surface area contributed by atoms with Gasteiger partial charge in [0.15, 0.2) is 0 Å². The highest BCUT2D eigenvalue weighted by atomic mass is 16.5. The summed E-state index contributed by atoms with van der Waals surface area (Å²) in [7, 11) is 0. The monoisotopic (exact) mass is 406 g/mol. The second-order valence-corrected chi connectivity index (χ2v) is 8.00. The largest absolute Gasteiger partial charge is 0.508 e. The van der Waals surface area contributed by atoms with Gasteiger partial charge >= 0.3 is 12.0 Å². The lowest BCUT2D eigenvalue weighted by molar-refractivity contribution is -0.148. The average Bonchev–Trinajstić information content (AvgIpc) is 2.78. The molecule has 156 valence electrons. The number of hydrogen-bond donors (Lipinski definition) is 2. The van der Waals surface area contributed by atoms with E-state index in [1.54, 1.807) is 24.3 Å². The van der Waals surface area contributed by atoms with Gasteiger partial charge in [0.05, 0.1) is 18.4 Å². The molecule has 2 aromatic carbocycles. The van der Waals surface area contributed by atoms with E-state index < -0.39 is 24.0 Å². The van der Waals surface area contributed by atoms with Gasteiger partial charge in [-0.1, -0.05) is 61.7 Å². The summed E-state index contributed by atoms with van der Waals surface area (Å²) < 4.78 is 5.76. The SMILES string of the molecule is O=C1N=C(c2ccccc2)C(C(=O)OCC2CCCCC2)C(c2cccc(O)c2)N1. The third-order valence-corrected chi connectivity index (χ3v) is 5.87. The van der Waals surface area contributed by atoms with Crippen LogP contribution in [0.5, 0.6) is 5.75 Å². The molecule has 4 rings (SSSR count). The van der Waals surface area contributed by atoms with Crippen LogP contribution in [0.1, 0.15) is 49.3 Å². The highest BCUT2D eigenvalue weighted by Gasteiger charge is 2.40.